The molecule has 0 aliphatic rings. The van der Waals surface area contributed by atoms with E-state index >= 15 is 0 Å². The molecule has 0 unspecified atom stereocenters. The SMILES string of the molecule is CC(C)(CCCOc1ccc(Oc2ccccc2)cc1)C(=O)O. The van der Waals surface area contributed by atoms with Crippen LogP contribution in [0.4, 0.5) is 0 Å². The molecule has 0 aliphatic heterocycles. The van der Waals surface area contributed by atoms with E-state index in [9.17, 15) is 4.79 Å². The Hall–Kier alpha value is -2.49. The van der Waals surface area contributed by atoms with Crippen LogP contribution in [0.3, 0.4) is 0 Å². The minimum absolute atomic E-state index is 0.496. The first-order valence-electron chi connectivity index (χ1n) is 7.66. The van der Waals surface area contributed by atoms with E-state index in [0.29, 0.717) is 19.4 Å². The molecule has 4 nitrogen and oxygen atoms in total. The Morgan fingerprint density at radius 2 is 1.52 bits per heavy atom. The fraction of sp³-hybridized carbons (Fsp3) is 0.316. The molecule has 1 N–H and O–H groups in total. The number of aliphatic carboxylic acids is 1. The zero-order valence-corrected chi connectivity index (χ0v) is 13.5. The maximum Gasteiger partial charge on any atom is 0.309 e. The van der Waals surface area contributed by atoms with Gasteiger partial charge < -0.3 is 14.6 Å². The number of benzene rings is 2. The second kappa shape index (κ2) is 7.68. The summed E-state index contributed by atoms with van der Waals surface area (Å²) in [5.41, 5.74) is -0.712. The normalized spacial score (nSPS) is 11.0. The minimum atomic E-state index is -0.778. The summed E-state index contributed by atoms with van der Waals surface area (Å²) in [5.74, 6) is 1.51. The van der Waals surface area contributed by atoms with Crippen molar-refractivity contribution in [3.05, 3.63) is 54.6 Å². The van der Waals surface area contributed by atoms with Crippen molar-refractivity contribution in [3.63, 3.8) is 0 Å². The van der Waals surface area contributed by atoms with Gasteiger partial charge in [0.1, 0.15) is 17.2 Å². The fourth-order valence-electron chi connectivity index (χ4n) is 2.04. The van der Waals surface area contributed by atoms with E-state index in [1.807, 2.05) is 54.6 Å². The Morgan fingerprint density at radius 3 is 2.13 bits per heavy atom. The lowest BCUT2D eigenvalue weighted by Crippen LogP contribution is -2.24. The van der Waals surface area contributed by atoms with Gasteiger partial charge in [-0.1, -0.05) is 18.2 Å². The molecule has 0 spiro atoms. The van der Waals surface area contributed by atoms with E-state index in [-0.39, 0.29) is 0 Å². The largest absolute Gasteiger partial charge is 0.494 e. The third-order valence-electron chi connectivity index (χ3n) is 3.60. The van der Waals surface area contributed by atoms with Gasteiger partial charge in [-0.15, -0.1) is 0 Å². The van der Waals surface area contributed by atoms with Crippen LogP contribution in [0, 0.1) is 5.41 Å². The quantitative estimate of drug-likeness (QED) is 0.714. The van der Waals surface area contributed by atoms with Crippen molar-refractivity contribution in [1.82, 2.24) is 0 Å². The van der Waals surface area contributed by atoms with Crippen molar-refractivity contribution >= 4 is 5.97 Å². The third kappa shape index (κ3) is 5.33. The Balaban J connectivity index is 1.78. The van der Waals surface area contributed by atoms with E-state index < -0.39 is 11.4 Å². The van der Waals surface area contributed by atoms with Crippen molar-refractivity contribution in [1.29, 1.82) is 0 Å². The molecule has 2 aromatic carbocycles. The molecule has 0 saturated carbocycles. The Bertz CT molecular complexity index is 618. The van der Waals surface area contributed by atoms with E-state index in [4.69, 9.17) is 14.6 Å². The topological polar surface area (TPSA) is 55.8 Å². The van der Waals surface area contributed by atoms with Crippen LogP contribution < -0.4 is 9.47 Å². The van der Waals surface area contributed by atoms with Crippen LogP contribution in [-0.2, 0) is 4.79 Å². The van der Waals surface area contributed by atoms with Gasteiger partial charge in [0.05, 0.1) is 12.0 Å². The van der Waals surface area contributed by atoms with Gasteiger partial charge in [-0.2, -0.15) is 0 Å². The zero-order valence-electron chi connectivity index (χ0n) is 13.5. The maximum absolute atomic E-state index is 11.0. The summed E-state index contributed by atoms with van der Waals surface area (Å²) >= 11 is 0. The van der Waals surface area contributed by atoms with Crippen LogP contribution in [0.25, 0.3) is 0 Å². The molecule has 0 aliphatic carbocycles. The van der Waals surface area contributed by atoms with Gasteiger partial charge in [0.25, 0.3) is 0 Å². The number of para-hydroxylation sites is 1. The zero-order chi connectivity index (χ0) is 16.7. The van der Waals surface area contributed by atoms with Crippen molar-refractivity contribution in [3.8, 4) is 17.2 Å². The molecule has 0 fully saturated rings. The number of carboxylic acids is 1. The number of rotatable bonds is 8. The highest BCUT2D eigenvalue weighted by molar-refractivity contribution is 5.73. The first kappa shape index (κ1) is 16.9. The average molecular weight is 314 g/mol. The van der Waals surface area contributed by atoms with Crippen LogP contribution in [0.2, 0.25) is 0 Å². The van der Waals surface area contributed by atoms with Gasteiger partial charge in [-0.05, 0) is 63.1 Å². The summed E-state index contributed by atoms with van der Waals surface area (Å²) in [6, 6.07) is 17.0. The standard InChI is InChI=1S/C19H22O4/c1-19(2,18(20)21)13-6-14-22-15-9-11-17(12-10-15)23-16-7-4-3-5-8-16/h3-5,7-12H,6,13-14H2,1-2H3,(H,20,21). The van der Waals surface area contributed by atoms with Gasteiger partial charge in [0.15, 0.2) is 0 Å². The van der Waals surface area contributed by atoms with Crippen molar-refractivity contribution in [2.45, 2.75) is 26.7 Å². The van der Waals surface area contributed by atoms with Crippen molar-refractivity contribution < 1.29 is 19.4 Å². The molecule has 0 radical (unpaired) electrons. The molecule has 23 heavy (non-hydrogen) atoms. The molecule has 4 heteroatoms. The lowest BCUT2D eigenvalue weighted by molar-refractivity contribution is -0.147. The number of carboxylic acid groups (broad SMARTS) is 1. The van der Waals surface area contributed by atoms with Gasteiger partial charge in [-0.3, -0.25) is 4.79 Å². The second-order valence-corrected chi connectivity index (χ2v) is 6.03. The lowest BCUT2D eigenvalue weighted by atomic mass is 9.88. The fourth-order valence-corrected chi connectivity index (χ4v) is 2.04. The molecule has 2 aromatic rings. The van der Waals surface area contributed by atoms with Crippen molar-refractivity contribution in [2.75, 3.05) is 6.61 Å². The number of hydrogen-bond acceptors (Lipinski definition) is 3. The predicted molar refractivity (Wildman–Crippen MR) is 89.1 cm³/mol. The van der Waals surface area contributed by atoms with Gasteiger partial charge >= 0.3 is 5.97 Å². The highest BCUT2D eigenvalue weighted by Crippen LogP contribution is 2.25. The molecule has 0 bridgehead atoms. The summed E-state index contributed by atoms with van der Waals surface area (Å²) < 4.78 is 11.3. The Labute approximate surface area is 136 Å². The summed E-state index contributed by atoms with van der Waals surface area (Å²) in [6.45, 7) is 3.95. The molecule has 0 saturated heterocycles. The van der Waals surface area contributed by atoms with Gasteiger partial charge in [0, 0.05) is 0 Å². The molecule has 122 valence electrons. The van der Waals surface area contributed by atoms with Crippen molar-refractivity contribution in [2.24, 2.45) is 5.41 Å². The summed E-state index contributed by atoms with van der Waals surface area (Å²) in [7, 11) is 0. The molecule has 0 heterocycles. The average Bonchev–Trinajstić information content (AvgIpc) is 2.54. The van der Waals surface area contributed by atoms with Gasteiger partial charge in [-0.25, -0.2) is 0 Å². The maximum atomic E-state index is 11.0. The summed E-state index contributed by atoms with van der Waals surface area (Å²) in [5, 5.41) is 9.05. The summed E-state index contributed by atoms with van der Waals surface area (Å²) in [4.78, 5) is 11.0. The van der Waals surface area contributed by atoms with Crippen LogP contribution in [0.15, 0.2) is 54.6 Å². The third-order valence-corrected chi connectivity index (χ3v) is 3.60. The highest BCUT2D eigenvalue weighted by Gasteiger charge is 2.26. The van der Waals surface area contributed by atoms with E-state index in [1.165, 1.54) is 0 Å². The molecule has 0 amide bonds. The smallest absolute Gasteiger partial charge is 0.309 e. The molecule has 0 aromatic heterocycles. The Morgan fingerprint density at radius 1 is 0.957 bits per heavy atom. The highest BCUT2D eigenvalue weighted by atomic mass is 16.5. The molecular weight excluding hydrogens is 292 g/mol. The number of carbonyl (C=O) groups is 1. The molecular formula is C19H22O4. The second-order valence-electron chi connectivity index (χ2n) is 6.03. The first-order valence-corrected chi connectivity index (χ1v) is 7.66. The van der Waals surface area contributed by atoms with Crippen LogP contribution in [0.1, 0.15) is 26.7 Å². The van der Waals surface area contributed by atoms with Crippen LogP contribution in [0.5, 0.6) is 17.2 Å². The molecule has 0 atom stereocenters. The van der Waals surface area contributed by atoms with E-state index in [1.54, 1.807) is 13.8 Å². The summed E-state index contributed by atoms with van der Waals surface area (Å²) in [6.07, 6.45) is 1.28. The first-order chi connectivity index (χ1) is 11.0. The van der Waals surface area contributed by atoms with Crippen LogP contribution in [-0.4, -0.2) is 17.7 Å². The van der Waals surface area contributed by atoms with Crippen LogP contribution >= 0.6 is 0 Å². The minimum Gasteiger partial charge on any atom is -0.494 e. The van der Waals surface area contributed by atoms with E-state index in [2.05, 4.69) is 0 Å². The number of hydrogen-bond donors (Lipinski definition) is 1. The van der Waals surface area contributed by atoms with E-state index in [0.717, 1.165) is 17.2 Å². The van der Waals surface area contributed by atoms with Gasteiger partial charge in [0.2, 0.25) is 0 Å². The lowest BCUT2D eigenvalue weighted by Gasteiger charge is -2.18. The number of ether oxygens (including phenoxy) is 2. The Kier molecular flexibility index (Phi) is 5.63. The monoisotopic (exact) mass is 314 g/mol. The molecule has 2 rings (SSSR count). The predicted octanol–water partition coefficient (Wildman–Crippen LogP) is 4.75.